The minimum absolute atomic E-state index is 0.179. The van der Waals surface area contributed by atoms with Crippen LogP contribution in [0, 0.1) is 5.92 Å². The van der Waals surface area contributed by atoms with Crippen molar-refractivity contribution in [3.05, 3.63) is 35.4 Å². The number of alkyl halides is 1. The van der Waals surface area contributed by atoms with Crippen LogP contribution in [-0.4, -0.2) is 25.5 Å². The lowest BCUT2D eigenvalue weighted by molar-refractivity contribution is -0.140. The summed E-state index contributed by atoms with van der Waals surface area (Å²) in [4.78, 5) is 23.2. The lowest BCUT2D eigenvalue weighted by Crippen LogP contribution is -2.26. The third kappa shape index (κ3) is 6.29. The van der Waals surface area contributed by atoms with Gasteiger partial charge in [0.2, 0.25) is 0 Å². The highest BCUT2D eigenvalue weighted by Gasteiger charge is 2.11. The number of ether oxygens (including phenoxy) is 1. The summed E-state index contributed by atoms with van der Waals surface area (Å²) in [7, 11) is 1.33. The van der Waals surface area contributed by atoms with Crippen LogP contribution in [0.25, 0.3) is 0 Å². The first-order chi connectivity index (χ1) is 9.93. The summed E-state index contributed by atoms with van der Waals surface area (Å²) in [6.45, 7) is 4.64. The highest BCUT2D eigenvalue weighted by molar-refractivity contribution is 9.09. The van der Waals surface area contributed by atoms with Gasteiger partial charge in [-0.2, -0.15) is 0 Å². The van der Waals surface area contributed by atoms with Gasteiger partial charge in [-0.25, -0.2) is 0 Å². The van der Waals surface area contributed by atoms with Crippen molar-refractivity contribution in [1.82, 2.24) is 5.32 Å². The second kappa shape index (κ2) is 8.82. The Balaban J connectivity index is 2.53. The number of carbonyl (C=O) groups is 2. The first-order valence-electron chi connectivity index (χ1n) is 7.03. The average molecular weight is 356 g/mol. The summed E-state index contributed by atoms with van der Waals surface area (Å²) < 4.78 is 4.52. The molecule has 1 atom stereocenters. The van der Waals surface area contributed by atoms with Gasteiger partial charge in [0.15, 0.2) is 0 Å². The first-order valence-corrected chi connectivity index (χ1v) is 7.94. The maximum Gasteiger partial charge on any atom is 0.307 e. The summed E-state index contributed by atoms with van der Waals surface area (Å²) >= 11 is 3.66. The first kappa shape index (κ1) is 17.7. The Morgan fingerprint density at radius 2 is 1.86 bits per heavy atom. The highest BCUT2D eigenvalue weighted by atomic mass is 79.9. The van der Waals surface area contributed by atoms with Gasteiger partial charge in [-0.3, -0.25) is 9.59 Å². The van der Waals surface area contributed by atoms with E-state index in [1.807, 2.05) is 12.1 Å². The molecule has 1 rings (SSSR count). The van der Waals surface area contributed by atoms with Crippen LogP contribution in [0.4, 0.5) is 0 Å². The molecule has 21 heavy (non-hydrogen) atoms. The molecule has 0 bridgehead atoms. The van der Waals surface area contributed by atoms with Crippen LogP contribution >= 0.6 is 15.9 Å². The zero-order chi connectivity index (χ0) is 15.8. The molecule has 0 aliphatic carbocycles. The van der Waals surface area contributed by atoms with Crippen LogP contribution in [0.15, 0.2) is 24.3 Å². The predicted octanol–water partition coefficient (Wildman–Crippen LogP) is 3.46. The van der Waals surface area contributed by atoms with Gasteiger partial charge in [-0.15, -0.1) is 0 Å². The average Bonchev–Trinajstić information content (AvgIpc) is 2.46. The Bertz CT molecular complexity index is 471. The molecule has 0 saturated carbocycles. The Kier molecular flexibility index (Phi) is 7.43. The normalized spacial score (nSPS) is 12.0. The number of amides is 1. The molecule has 1 unspecified atom stereocenters. The summed E-state index contributed by atoms with van der Waals surface area (Å²) in [5.41, 5.74) is 1.75. The van der Waals surface area contributed by atoms with Crippen molar-refractivity contribution in [2.75, 3.05) is 13.7 Å². The van der Waals surface area contributed by atoms with Gasteiger partial charge < -0.3 is 10.1 Å². The molecular weight excluding hydrogens is 334 g/mol. The molecule has 0 spiro atoms. The lowest BCUT2D eigenvalue weighted by Gasteiger charge is -2.13. The van der Waals surface area contributed by atoms with E-state index in [-0.39, 0.29) is 24.8 Å². The van der Waals surface area contributed by atoms with E-state index in [9.17, 15) is 9.59 Å². The Labute approximate surface area is 134 Å². The van der Waals surface area contributed by atoms with Crippen molar-refractivity contribution < 1.29 is 14.3 Å². The van der Waals surface area contributed by atoms with E-state index >= 15 is 0 Å². The molecular formula is C16H22BrNO3. The van der Waals surface area contributed by atoms with Crippen LogP contribution < -0.4 is 5.32 Å². The van der Waals surface area contributed by atoms with Gasteiger partial charge in [0.25, 0.3) is 5.91 Å². The summed E-state index contributed by atoms with van der Waals surface area (Å²) in [5.74, 6) is 0.0950. The van der Waals surface area contributed by atoms with Crippen molar-refractivity contribution in [1.29, 1.82) is 0 Å². The predicted molar refractivity (Wildman–Crippen MR) is 86.5 cm³/mol. The zero-order valence-electron chi connectivity index (χ0n) is 12.7. The number of halogens is 1. The van der Waals surface area contributed by atoms with E-state index in [0.29, 0.717) is 16.3 Å². The molecule has 0 heterocycles. The molecule has 1 amide bonds. The molecule has 0 aliphatic rings. The number of hydrogen-bond donors (Lipinski definition) is 1. The fraction of sp³-hybridized carbons (Fsp3) is 0.500. The monoisotopic (exact) mass is 355 g/mol. The van der Waals surface area contributed by atoms with E-state index in [1.54, 1.807) is 12.1 Å². The number of rotatable bonds is 7. The van der Waals surface area contributed by atoms with Gasteiger partial charge in [-0.1, -0.05) is 41.9 Å². The molecule has 0 saturated heterocycles. The molecule has 0 radical (unpaired) electrons. The lowest BCUT2D eigenvalue weighted by atomic mass is 10.0. The molecule has 1 aromatic rings. The van der Waals surface area contributed by atoms with Gasteiger partial charge >= 0.3 is 5.97 Å². The molecule has 5 heteroatoms. The van der Waals surface area contributed by atoms with Crippen molar-refractivity contribution >= 4 is 27.8 Å². The zero-order valence-corrected chi connectivity index (χ0v) is 14.3. The second-order valence-corrected chi connectivity index (χ2v) is 6.41. The van der Waals surface area contributed by atoms with E-state index < -0.39 is 0 Å². The Morgan fingerprint density at radius 3 is 2.38 bits per heavy atom. The summed E-state index contributed by atoms with van der Waals surface area (Å²) in [5, 5.41) is 2.69. The number of hydrogen-bond acceptors (Lipinski definition) is 3. The van der Waals surface area contributed by atoms with Crippen LogP contribution in [0.1, 0.15) is 47.4 Å². The van der Waals surface area contributed by atoms with E-state index in [4.69, 9.17) is 0 Å². The van der Waals surface area contributed by atoms with Crippen LogP contribution in [0.5, 0.6) is 0 Å². The van der Waals surface area contributed by atoms with Crippen molar-refractivity contribution in [2.45, 2.75) is 31.5 Å². The summed E-state index contributed by atoms with van der Waals surface area (Å²) in [6, 6.07) is 7.52. The SMILES string of the molecule is COC(=O)CCNC(=O)c1ccc(C(Br)CC(C)C)cc1. The summed E-state index contributed by atoms with van der Waals surface area (Å²) in [6.07, 6.45) is 1.23. The quantitative estimate of drug-likeness (QED) is 0.601. The van der Waals surface area contributed by atoms with E-state index in [0.717, 1.165) is 12.0 Å². The number of nitrogens with one attached hydrogen (secondary N) is 1. The minimum atomic E-state index is -0.332. The standard InChI is InChI=1S/C16H22BrNO3/c1-11(2)10-14(17)12-4-6-13(7-5-12)16(20)18-9-8-15(19)21-3/h4-7,11,14H,8-10H2,1-3H3,(H,18,20). The van der Waals surface area contributed by atoms with Crippen LogP contribution in [0.3, 0.4) is 0 Å². The van der Waals surface area contributed by atoms with Gasteiger partial charge in [0.05, 0.1) is 13.5 Å². The molecule has 1 aromatic carbocycles. The van der Waals surface area contributed by atoms with Gasteiger partial charge in [0, 0.05) is 16.9 Å². The van der Waals surface area contributed by atoms with Crippen LogP contribution in [-0.2, 0) is 9.53 Å². The Morgan fingerprint density at radius 1 is 1.24 bits per heavy atom. The fourth-order valence-electron chi connectivity index (χ4n) is 1.88. The molecule has 0 aliphatic heterocycles. The van der Waals surface area contributed by atoms with E-state index in [2.05, 4.69) is 39.8 Å². The topological polar surface area (TPSA) is 55.4 Å². The number of carbonyl (C=O) groups excluding carboxylic acids is 2. The molecule has 116 valence electrons. The van der Waals surface area contributed by atoms with Crippen molar-refractivity contribution in [2.24, 2.45) is 5.92 Å². The second-order valence-electron chi connectivity index (χ2n) is 5.30. The van der Waals surface area contributed by atoms with Crippen LogP contribution in [0.2, 0.25) is 0 Å². The minimum Gasteiger partial charge on any atom is -0.469 e. The smallest absolute Gasteiger partial charge is 0.307 e. The van der Waals surface area contributed by atoms with Crippen molar-refractivity contribution in [3.8, 4) is 0 Å². The maximum absolute atomic E-state index is 11.9. The Hall–Kier alpha value is -1.36. The molecule has 1 N–H and O–H groups in total. The third-order valence-corrected chi connectivity index (χ3v) is 3.96. The van der Waals surface area contributed by atoms with Gasteiger partial charge in [-0.05, 0) is 30.0 Å². The number of benzene rings is 1. The number of esters is 1. The number of methoxy groups -OCH3 is 1. The largest absolute Gasteiger partial charge is 0.469 e. The van der Waals surface area contributed by atoms with E-state index in [1.165, 1.54) is 7.11 Å². The maximum atomic E-state index is 11.9. The van der Waals surface area contributed by atoms with Gasteiger partial charge in [0.1, 0.15) is 0 Å². The molecule has 0 aromatic heterocycles. The van der Waals surface area contributed by atoms with Crippen molar-refractivity contribution in [3.63, 3.8) is 0 Å². The molecule has 0 fully saturated rings. The third-order valence-electron chi connectivity index (χ3n) is 3.06. The molecule has 4 nitrogen and oxygen atoms in total. The fourth-order valence-corrected chi connectivity index (χ4v) is 2.93. The highest BCUT2D eigenvalue weighted by Crippen LogP contribution is 2.29.